The van der Waals surface area contributed by atoms with Gasteiger partial charge in [0.1, 0.15) is 0 Å². The summed E-state index contributed by atoms with van der Waals surface area (Å²) in [5, 5.41) is 4.16. The number of hydrogen-bond donors (Lipinski definition) is 1. The molecule has 0 fully saturated rings. The highest BCUT2D eigenvalue weighted by Gasteiger charge is 2.31. The number of fused-ring (bicyclic) bond motifs is 1. The Morgan fingerprint density at radius 2 is 1.70 bits per heavy atom. The van der Waals surface area contributed by atoms with Gasteiger partial charge in [0, 0.05) is 33.6 Å². The van der Waals surface area contributed by atoms with E-state index in [4.69, 9.17) is 23.2 Å². The second-order valence-corrected chi connectivity index (χ2v) is 9.09. The van der Waals surface area contributed by atoms with E-state index >= 15 is 0 Å². The zero-order valence-electron chi connectivity index (χ0n) is 17.0. The van der Waals surface area contributed by atoms with Gasteiger partial charge in [0.2, 0.25) is 5.91 Å². The van der Waals surface area contributed by atoms with E-state index in [1.165, 1.54) is 11.8 Å². The van der Waals surface area contributed by atoms with Crippen LogP contribution < -0.4 is 5.32 Å². The summed E-state index contributed by atoms with van der Waals surface area (Å²) in [5.74, 6) is -0.448. The molecule has 0 saturated heterocycles. The van der Waals surface area contributed by atoms with Crippen LogP contribution in [0, 0.1) is 0 Å². The fourth-order valence-electron chi connectivity index (χ4n) is 3.40. The zero-order chi connectivity index (χ0) is 23.6. The van der Waals surface area contributed by atoms with Crippen molar-refractivity contribution in [1.29, 1.82) is 0 Å². The van der Waals surface area contributed by atoms with Crippen LogP contribution in [-0.2, 0) is 17.5 Å². The van der Waals surface area contributed by atoms with Crippen LogP contribution >= 0.6 is 35.0 Å². The number of carbonyl (C=O) groups is 1. The molecule has 4 aromatic rings. The molecule has 0 radical (unpaired) electrons. The van der Waals surface area contributed by atoms with E-state index < -0.39 is 17.6 Å². The molecular formula is C24H17Cl2F3N2OS. The lowest BCUT2D eigenvalue weighted by molar-refractivity contribution is -0.137. The van der Waals surface area contributed by atoms with Crippen molar-refractivity contribution in [3.63, 3.8) is 0 Å². The van der Waals surface area contributed by atoms with Gasteiger partial charge in [-0.05, 0) is 35.9 Å². The van der Waals surface area contributed by atoms with Crippen LogP contribution in [0.2, 0.25) is 10.0 Å². The van der Waals surface area contributed by atoms with Gasteiger partial charge in [-0.1, -0.05) is 59.6 Å². The van der Waals surface area contributed by atoms with Crippen LogP contribution in [-0.4, -0.2) is 16.2 Å². The summed E-state index contributed by atoms with van der Waals surface area (Å²) < 4.78 is 41.0. The topological polar surface area (TPSA) is 34.0 Å². The molecule has 1 aromatic heterocycles. The first-order valence-electron chi connectivity index (χ1n) is 9.83. The lowest BCUT2D eigenvalue weighted by Gasteiger charge is -2.11. The summed E-state index contributed by atoms with van der Waals surface area (Å²) in [6.07, 6.45) is -2.58. The Hall–Kier alpha value is -2.61. The number of halogens is 5. The average Bonchev–Trinajstić information content (AvgIpc) is 3.12. The molecule has 170 valence electrons. The molecule has 3 aromatic carbocycles. The maximum atomic E-state index is 13.0. The van der Waals surface area contributed by atoms with Crippen molar-refractivity contribution in [3.05, 3.63) is 94.1 Å². The summed E-state index contributed by atoms with van der Waals surface area (Å²) in [6, 6.07) is 18.2. The van der Waals surface area contributed by atoms with E-state index in [1.807, 2.05) is 54.7 Å². The van der Waals surface area contributed by atoms with Crippen molar-refractivity contribution in [2.24, 2.45) is 0 Å². The molecular weight excluding hydrogens is 492 g/mol. The summed E-state index contributed by atoms with van der Waals surface area (Å²) in [6.45, 7) is 0.562. The fourth-order valence-corrected chi connectivity index (χ4v) is 4.64. The van der Waals surface area contributed by atoms with Crippen molar-refractivity contribution in [2.45, 2.75) is 17.6 Å². The molecule has 1 N–H and O–H groups in total. The normalized spacial score (nSPS) is 11.7. The van der Waals surface area contributed by atoms with Crippen molar-refractivity contribution < 1.29 is 18.0 Å². The molecule has 0 unspecified atom stereocenters. The Kier molecular flexibility index (Phi) is 6.93. The minimum atomic E-state index is -4.53. The third-order valence-corrected chi connectivity index (χ3v) is 6.72. The first kappa shape index (κ1) is 23.5. The molecule has 33 heavy (non-hydrogen) atoms. The number of thioether (sulfide) groups is 1. The summed E-state index contributed by atoms with van der Waals surface area (Å²) in [5.41, 5.74) is 1.00. The first-order valence-corrected chi connectivity index (χ1v) is 11.6. The predicted molar refractivity (Wildman–Crippen MR) is 128 cm³/mol. The third-order valence-electron chi connectivity index (χ3n) is 4.98. The number of benzene rings is 3. The minimum Gasteiger partial charge on any atom is -0.342 e. The molecule has 0 aliphatic heterocycles. The Balaban J connectivity index is 1.51. The number of amides is 1. The highest BCUT2D eigenvalue weighted by Crippen LogP contribution is 2.35. The quantitative estimate of drug-likeness (QED) is 0.270. The van der Waals surface area contributed by atoms with Crippen molar-refractivity contribution in [3.8, 4) is 0 Å². The van der Waals surface area contributed by atoms with Crippen molar-refractivity contribution in [1.82, 2.24) is 4.57 Å². The van der Waals surface area contributed by atoms with Crippen LogP contribution in [0.1, 0.15) is 11.1 Å². The van der Waals surface area contributed by atoms with Gasteiger partial charge in [0.25, 0.3) is 0 Å². The number of hydrogen-bond acceptors (Lipinski definition) is 2. The van der Waals surface area contributed by atoms with Crippen molar-refractivity contribution >= 4 is 57.5 Å². The fraction of sp³-hybridized carbons (Fsp3) is 0.125. The molecule has 3 nitrogen and oxygen atoms in total. The Morgan fingerprint density at radius 1 is 0.970 bits per heavy atom. The number of nitrogens with one attached hydrogen (secondary N) is 1. The summed E-state index contributed by atoms with van der Waals surface area (Å²) in [4.78, 5) is 13.4. The van der Waals surface area contributed by atoms with Gasteiger partial charge in [0.05, 0.1) is 22.0 Å². The Bertz CT molecular complexity index is 1320. The molecule has 1 amide bonds. The SMILES string of the molecule is O=C(CSc1cn(Cc2ccccc2Cl)c2ccccc12)Nc1cc(C(F)(F)F)ccc1Cl. The minimum absolute atomic E-state index is 0.00662. The van der Waals surface area contributed by atoms with Gasteiger partial charge in [-0.3, -0.25) is 4.79 Å². The number of rotatable bonds is 6. The molecule has 9 heteroatoms. The van der Waals surface area contributed by atoms with Gasteiger partial charge in [0.15, 0.2) is 0 Å². The predicted octanol–water partition coefficient (Wildman–Crippen LogP) is 7.75. The number of nitrogens with zero attached hydrogens (tertiary/aromatic N) is 1. The molecule has 0 atom stereocenters. The van der Waals surface area contributed by atoms with E-state index in [-0.39, 0.29) is 16.5 Å². The number of alkyl halides is 3. The van der Waals surface area contributed by atoms with Gasteiger partial charge in [-0.25, -0.2) is 0 Å². The lowest BCUT2D eigenvalue weighted by Crippen LogP contribution is -2.15. The molecule has 4 rings (SSSR count). The van der Waals surface area contributed by atoms with Crippen LogP contribution in [0.25, 0.3) is 10.9 Å². The van der Waals surface area contributed by atoms with E-state index in [0.717, 1.165) is 39.6 Å². The van der Waals surface area contributed by atoms with E-state index in [0.29, 0.717) is 11.6 Å². The number of para-hydroxylation sites is 1. The molecule has 1 heterocycles. The summed E-state index contributed by atoms with van der Waals surface area (Å²) >= 11 is 13.6. The largest absolute Gasteiger partial charge is 0.416 e. The maximum Gasteiger partial charge on any atom is 0.416 e. The average molecular weight is 509 g/mol. The molecule has 0 aliphatic rings. The van der Waals surface area contributed by atoms with Crippen LogP contribution in [0.4, 0.5) is 18.9 Å². The standard InChI is InChI=1S/C24H17Cl2F3N2OS/c25-18-7-3-1-5-15(18)12-31-13-22(17-6-2-4-8-21(17)31)33-14-23(32)30-20-11-16(24(27,28)29)9-10-19(20)26/h1-11,13H,12,14H2,(H,30,32). The highest BCUT2D eigenvalue weighted by molar-refractivity contribution is 8.00. The van der Waals surface area contributed by atoms with Gasteiger partial charge < -0.3 is 9.88 Å². The number of carbonyl (C=O) groups excluding carboxylic acids is 1. The van der Waals surface area contributed by atoms with E-state index in [1.54, 1.807) is 0 Å². The molecule has 0 aliphatic carbocycles. The lowest BCUT2D eigenvalue weighted by atomic mass is 10.2. The van der Waals surface area contributed by atoms with E-state index in [9.17, 15) is 18.0 Å². The second kappa shape index (κ2) is 9.71. The molecule has 0 bridgehead atoms. The van der Waals surface area contributed by atoms with Gasteiger partial charge in [-0.15, -0.1) is 11.8 Å². The molecule has 0 saturated carbocycles. The number of anilines is 1. The van der Waals surface area contributed by atoms with Crippen LogP contribution in [0.3, 0.4) is 0 Å². The zero-order valence-corrected chi connectivity index (χ0v) is 19.3. The Morgan fingerprint density at radius 3 is 2.45 bits per heavy atom. The monoisotopic (exact) mass is 508 g/mol. The smallest absolute Gasteiger partial charge is 0.342 e. The third kappa shape index (κ3) is 5.49. The van der Waals surface area contributed by atoms with Crippen LogP contribution in [0.15, 0.2) is 77.8 Å². The number of aromatic nitrogens is 1. The Labute approximate surface area is 202 Å². The van der Waals surface area contributed by atoms with Gasteiger partial charge >= 0.3 is 6.18 Å². The second-order valence-electron chi connectivity index (χ2n) is 7.26. The van der Waals surface area contributed by atoms with E-state index in [2.05, 4.69) is 9.88 Å². The van der Waals surface area contributed by atoms with Gasteiger partial charge in [-0.2, -0.15) is 13.2 Å². The summed E-state index contributed by atoms with van der Waals surface area (Å²) in [7, 11) is 0. The molecule has 0 spiro atoms. The van der Waals surface area contributed by atoms with Crippen LogP contribution in [0.5, 0.6) is 0 Å². The highest BCUT2D eigenvalue weighted by atomic mass is 35.5. The maximum absolute atomic E-state index is 13.0. The first-order chi connectivity index (χ1) is 15.7. The van der Waals surface area contributed by atoms with Crippen molar-refractivity contribution in [2.75, 3.05) is 11.1 Å².